The molecule has 0 aliphatic carbocycles. The van der Waals surface area contributed by atoms with Crippen LogP contribution in [0.25, 0.3) is 0 Å². The molecule has 1 atom stereocenters. The van der Waals surface area contributed by atoms with Gasteiger partial charge in [-0.15, -0.1) is 0 Å². The zero-order valence-electron chi connectivity index (χ0n) is 12.0. The van der Waals surface area contributed by atoms with E-state index in [0.717, 1.165) is 18.5 Å². The SMILES string of the molecule is CCNC(CC)c1ccc(OCCCC(F)(F)F)cc1. The van der Waals surface area contributed by atoms with E-state index in [4.69, 9.17) is 4.74 Å². The summed E-state index contributed by atoms with van der Waals surface area (Å²) in [7, 11) is 0. The predicted molar refractivity (Wildman–Crippen MR) is 73.9 cm³/mol. The molecule has 0 fully saturated rings. The third-order valence-corrected chi connectivity index (χ3v) is 3.01. The van der Waals surface area contributed by atoms with Crippen LogP contribution in [0.15, 0.2) is 24.3 Å². The van der Waals surface area contributed by atoms with Crippen LogP contribution in [0.1, 0.15) is 44.7 Å². The normalized spacial score (nSPS) is 13.2. The van der Waals surface area contributed by atoms with Crippen LogP contribution in [-0.2, 0) is 0 Å². The van der Waals surface area contributed by atoms with Crippen molar-refractivity contribution in [2.75, 3.05) is 13.2 Å². The zero-order chi connectivity index (χ0) is 15.0. The minimum absolute atomic E-state index is 0.0137. The Morgan fingerprint density at radius 3 is 2.30 bits per heavy atom. The fourth-order valence-electron chi connectivity index (χ4n) is 2.00. The van der Waals surface area contributed by atoms with E-state index >= 15 is 0 Å². The van der Waals surface area contributed by atoms with E-state index in [9.17, 15) is 13.2 Å². The second-order valence-electron chi connectivity index (χ2n) is 4.65. The largest absolute Gasteiger partial charge is 0.494 e. The number of benzene rings is 1. The minimum atomic E-state index is -4.10. The Balaban J connectivity index is 2.42. The molecule has 0 amide bonds. The van der Waals surface area contributed by atoms with E-state index in [2.05, 4.69) is 19.2 Å². The lowest BCUT2D eigenvalue weighted by Gasteiger charge is -2.16. The van der Waals surface area contributed by atoms with Gasteiger partial charge in [0.25, 0.3) is 0 Å². The molecular formula is C15H22F3NO. The maximum atomic E-state index is 12.0. The van der Waals surface area contributed by atoms with Crippen molar-refractivity contribution in [1.29, 1.82) is 0 Å². The van der Waals surface area contributed by atoms with E-state index in [-0.39, 0.29) is 13.0 Å². The van der Waals surface area contributed by atoms with Crippen LogP contribution < -0.4 is 10.1 Å². The minimum Gasteiger partial charge on any atom is -0.494 e. The molecule has 0 heterocycles. The Labute approximate surface area is 118 Å². The summed E-state index contributed by atoms with van der Waals surface area (Å²) in [4.78, 5) is 0. The number of ether oxygens (including phenoxy) is 1. The summed E-state index contributed by atoms with van der Waals surface area (Å²) in [5, 5.41) is 3.37. The molecular weight excluding hydrogens is 267 g/mol. The Kier molecular flexibility index (Phi) is 6.85. The molecule has 2 nitrogen and oxygen atoms in total. The maximum absolute atomic E-state index is 12.0. The summed E-state index contributed by atoms with van der Waals surface area (Å²) in [6, 6.07) is 7.83. The molecule has 0 saturated carbocycles. The topological polar surface area (TPSA) is 21.3 Å². The molecule has 1 unspecified atom stereocenters. The molecule has 0 aliphatic heterocycles. The van der Waals surface area contributed by atoms with E-state index in [0.29, 0.717) is 11.8 Å². The van der Waals surface area contributed by atoms with Gasteiger partial charge in [-0.3, -0.25) is 0 Å². The number of rotatable bonds is 8. The molecule has 0 aliphatic rings. The first-order valence-corrected chi connectivity index (χ1v) is 6.99. The van der Waals surface area contributed by atoms with Gasteiger partial charge in [0.2, 0.25) is 0 Å². The highest BCUT2D eigenvalue weighted by molar-refractivity contribution is 5.29. The maximum Gasteiger partial charge on any atom is 0.389 e. The van der Waals surface area contributed by atoms with Crippen LogP contribution in [0.5, 0.6) is 5.75 Å². The molecule has 5 heteroatoms. The Bertz CT molecular complexity index is 376. The second-order valence-corrected chi connectivity index (χ2v) is 4.65. The molecule has 0 radical (unpaired) electrons. The highest BCUT2D eigenvalue weighted by atomic mass is 19.4. The third-order valence-electron chi connectivity index (χ3n) is 3.01. The van der Waals surface area contributed by atoms with E-state index in [1.807, 2.05) is 24.3 Å². The van der Waals surface area contributed by atoms with Crippen LogP contribution in [0.3, 0.4) is 0 Å². The summed E-state index contributed by atoms with van der Waals surface area (Å²) in [6.07, 6.45) is -3.93. The van der Waals surface area contributed by atoms with E-state index in [1.165, 1.54) is 0 Å². The van der Waals surface area contributed by atoms with Crippen LogP contribution in [0, 0.1) is 0 Å². The van der Waals surface area contributed by atoms with Crippen LogP contribution >= 0.6 is 0 Å². The van der Waals surface area contributed by atoms with Gasteiger partial charge in [-0.25, -0.2) is 0 Å². The van der Waals surface area contributed by atoms with Crippen molar-refractivity contribution < 1.29 is 17.9 Å². The Morgan fingerprint density at radius 1 is 1.15 bits per heavy atom. The van der Waals surface area contributed by atoms with Gasteiger partial charge >= 0.3 is 6.18 Å². The number of hydrogen-bond acceptors (Lipinski definition) is 2. The molecule has 0 bridgehead atoms. The Morgan fingerprint density at radius 2 is 1.80 bits per heavy atom. The first kappa shape index (κ1) is 16.8. The summed E-state index contributed by atoms with van der Waals surface area (Å²) in [6.45, 7) is 5.15. The highest BCUT2D eigenvalue weighted by Crippen LogP contribution is 2.23. The zero-order valence-corrected chi connectivity index (χ0v) is 12.0. The van der Waals surface area contributed by atoms with E-state index < -0.39 is 12.6 Å². The summed E-state index contributed by atoms with van der Waals surface area (Å²) in [5.41, 5.74) is 1.16. The average molecular weight is 289 g/mol. The predicted octanol–water partition coefficient (Wildman–Crippen LogP) is 4.47. The van der Waals surface area contributed by atoms with Gasteiger partial charge in [-0.1, -0.05) is 26.0 Å². The number of nitrogens with one attached hydrogen (secondary N) is 1. The summed E-state index contributed by atoms with van der Waals surface area (Å²) < 4.78 is 41.2. The standard InChI is InChI=1S/C15H22F3NO/c1-3-14(19-4-2)12-6-8-13(9-7-12)20-11-5-10-15(16,17)18/h6-9,14,19H,3-5,10-11H2,1-2H3. The van der Waals surface area contributed by atoms with Crippen molar-refractivity contribution in [3.63, 3.8) is 0 Å². The molecule has 0 saturated heterocycles. The van der Waals surface area contributed by atoms with E-state index in [1.54, 1.807) is 0 Å². The van der Waals surface area contributed by atoms with Crippen LogP contribution in [0.4, 0.5) is 13.2 Å². The molecule has 20 heavy (non-hydrogen) atoms. The first-order chi connectivity index (χ1) is 9.46. The van der Waals surface area contributed by atoms with Gasteiger partial charge in [0, 0.05) is 12.5 Å². The van der Waals surface area contributed by atoms with Crippen molar-refractivity contribution >= 4 is 0 Å². The third kappa shape index (κ3) is 6.28. The number of halogens is 3. The van der Waals surface area contributed by atoms with Gasteiger partial charge in [-0.05, 0) is 37.1 Å². The van der Waals surface area contributed by atoms with Crippen molar-refractivity contribution in [1.82, 2.24) is 5.32 Å². The Hall–Kier alpha value is -1.23. The summed E-state index contributed by atoms with van der Waals surface area (Å²) >= 11 is 0. The lowest BCUT2D eigenvalue weighted by molar-refractivity contribution is -0.136. The highest BCUT2D eigenvalue weighted by Gasteiger charge is 2.26. The average Bonchev–Trinajstić information content (AvgIpc) is 2.41. The molecule has 0 aromatic heterocycles. The van der Waals surface area contributed by atoms with Crippen LogP contribution in [-0.4, -0.2) is 19.3 Å². The monoisotopic (exact) mass is 289 g/mol. The second kappa shape index (κ2) is 8.15. The fourth-order valence-corrected chi connectivity index (χ4v) is 2.00. The fraction of sp³-hybridized carbons (Fsp3) is 0.600. The molecule has 114 valence electrons. The molecule has 0 spiro atoms. The van der Waals surface area contributed by atoms with Gasteiger partial charge < -0.3 is 10.1 Å². The van der Waals surface area contributed by atoms with Crippen molar-refractivity contribution in [3.8, 4) is 5.75 Å². The molecule has 1 aromatic rings. The van der Waals surface area contributed by atoms with Crippen molar-refractivity contribution in [2.24, 2.45) is 0 Å². The number of hydrogen-bond donors (Lipinski definition) is 1. The molecule has 1 N–H and O–H groups in total. The molecule has 1 aromatic carbocycles. The quantitative estimate of drug-likeness (QED) is 0.713. The van der Waals surface area contributed by atoms with Crippen LogP contribution in [0.2, 0.25) is 0 Å². The van der Waals surface area contributed by atoms with Crippen molar-refractivity contribution in [3.05, 3.63) is 29.8 Å². The van der Waals surface area contributed by atoms with Gasteiger partial charge in [0.15, 0.2) is 0 Å². The lowest BCUT2D eigenvalue weighted by Crippen LogP contribution is -2.19. The van der Waals surface area contributed by atoms with Gasteiger partial charge in [-0.2, -0.15) is 13.2 Å². The van der Waals surface area contributed by atoms with Gasteiger partial charge in [0.05, 0.1) is 6.61 Å². The smallest absolute Gasteiger partial charge is 0.389 e. The summed E-state index contributed by atoms with van der Waals surface area (Å²) in [5.74, 6) is 0.613. The van der Waals surface area contributed by atoms with Crippen molar-refractivity contribution in [2.45, 2.75) is 45.3 Å². The number of alkyl halides is 3. The first-order valence-electron chi connectivity index (χ1n) is 6.99. The lowest BCUT2D eigenvalue weighted by atomic mass is 10.0. The van der Waals surface area contributed by atoms with Gasteiger partial charge in [0.1, 0.15) is 5.75 Å². The molecule has 1 rings (SSSR count).